The normalized spacial score (nSPS) is 45.5. The Balaban J connectivity index is 1.58. The van der Waals surface area contributed by atoms with Gasteiger partial charge in [0.1, 0.15) is 0 Å². The second-order valence-electron chi connectivity index (χ2n) is 11.5. The molecule has 8 atom stereocenters. The van der Waals surface area contributed by atoms with Crippen LogP contribution in [0.15, 0.2) is 23.3 Å². The molecular formula is C27H44O. The molecule has 0 spiro atoms. The fourth-order valence-corrected chi connectivity index (χ4v) is 7.98. The molecule has 4 aliphatic rings. The Morgan fingerprint density at radius 3 is 2.57 bits per heavy atom. The van der Waals surface area contributed by atoms with Gasteiger partial charge in [-0.2, -0.15) is 0 Å². The van der Waals surface area contributed by atoms with Gasteiger partial charge in [0, 0.05) is 0 Å². The van der Waals surface area contributed by atoms with Crippen molar-refractivity contribution in [2.45, 2.75) is 105 Å². The summed E-state index contributed by atoms with van der Waals surface area (Å²) in [5.74, 6) is 3.85. The SMILES string of the molecule is CC[C@H](C)/C=C/[C@@H](C)C1CCC2C3=C(CCC21C)C1(C)CC[C@H](O)C[C@@H]1CC3. The van der Waals surface area contributed by atoms with Crippen LogP contribution in [0.25, 0.3) is 0 Å². The average Bonchev–Trinajstić information content (AvgIpc) is 3.03. The number of aliphatic hydroxyl groups is 1. The second-order valence-corrected chi connectivity index (χ2v) is 11.5. The van der Waals surface area contributed by atoms with Gasteiger partial charge in [-0.1, -0.05) is 64.3 Å². The summed E-state index contributed by atoms with van der Waals surface area (Å²) in [6.45, 7) is 12.3. The van der Waals surface area contributed by atoms with E-state index in [1.54, 1.807) is 0 Å². The highest BCUT2D eigenvalue weighted by Gasteiger charge is 2.55. The van der Waals surface area contributed by atoms with Gasteiger partial charge in [0.2, 0.25) is 0 Å². The van der Waals surface area contributed by atoms with Crippen LogP contribution in [0.5, 0.6) is 0 Å². The van der Waals surface area contributed by atoms with E-state index < -0.39 is 0 Å². The third-order valence-corrected chi connectivity index (χ3v) is 10.1. The molecule has 0 aromatic carbocycles. The van der Waals surface area contributed by atoms with Crippen molar-refractivity contribution in [1.29, 1.82) is 0 Å². The van der Waals surface area contributed by atoms with E-state index in [0.717, 1.165) is 30.6 Å². The molecule has 0 saturated heterocycles. The maximum Gasteiger partial charge on any atom is 0.0543 e. The van der Waals surface area contributed by atoms with Crippen molar-refractivity contribution in [2.24, 2.45) is 40.4 Å². The molecule has 28 heavy (non-hydrogen) atoms. The fraction of sp³-hybridized carbons (Fsp3) is 0.852. The van der Waals surface area contributed by atoms with Gasteiger partial charge in [0.15, 0.2) is 0 Å². The van der Waals surface area contributed by atoms with Gasteiger partial charge in [0.25, 0.3) is 0 Å². The molecule has 0 aromatic heterocycles. The molecule has 0 aliphatic heterocycles. The Morgan fingerprint density at radius 1 is 1.04 bits per heavy atom. The smallest absolute Gasteiger partial charge is 0.0543 e. The van der Waals surface area contributed by atoms with Gasteiger partial charge < -0.3 is 5.11 Å². The monoisotopic (exact) mass is 384 g/mol. The van der Waals surface area contributed by atoms with Crippen LogP contribution in [0, 0.1) is 40.4 Å². The maximum absolute atomic E-state index is 10.2. The van der Waals surface area contributed by atoms with Crippen LogP contribution in [0.1, 0.15) is 98.8 Å². The van der Waals surface area contributed by atoms with Crippen LogP contribution in [0.2, 0.25) is 0 Å². The average molecular weight is 385 g/mol. The lowest BCUT2D eigenvalue weighted by molar-refractivity contribution is 0.0145. The van der Waals surface area contributed by atoms with Crippen LogP contribution >= 0.6 is 0 Å². The van der Waals surface area contributed by atoms with Crippen molar-refractivity contribution in [3.63, 3.8) is 0 Å². The van der Waals surface area contributed by atoms with Crippen molar-refractivity contribution in [3.8, 4) is 0 Å². The molecule has 2 saturated carbocycles. The van der Waals surface area contributed by atoms with Crippen LogP contribution in [0.3, 0.4) is 0 Å². The third kappa shape index (κ3) is 3.24. The number of hydrogen-bond acceptors (Lipinski definition) is 1. The number of allylic oxidation sites excluding steroid dienone is 4. The number of aliphatic hydroxyl groups excluding tert-OH is 1. The Morgan fingerprint density at radius 2 is 1.82 bits per heavy atom. The zero-order valence-corrected chi connectivity index (χ0v) is 19.1. The summed E-state index contributed by atoms with van der Waals surface area (Å²) in [6, 6.07) is 0. The maximum atomic E-state index is 10.2. The molecule has 0 bridgehead atoms. The van der Waals surface area contributed by atoms with Gasteiger partial charge in [-0.15, -0.1) is 0 Å². The molecular weight excluding hydrogens is 340 g/mol. The lowest BCUT2D eigenvalue weighted by Gasteiger charge is -2.55. The van der Waals surface area contributed by atoms with E-state index in [1.807, 2.05) is 11.1 Å². The highest BCUT2D eigenvalue weighted by molar-refractivity contribution is 5.34. The lowest BCUT2D eigenvalue weighted by Crippen LogP contribution is -2.45. The molecule has 4 rings (SSSR count). The van der Waals surface area contributed by atoms with E-state index >= 15 is 0 Å². The van der Waals surface area contributed by atoms with E-state index in [9.17, 15) is 5.11 Å². The van der Waals surface area contributed by atoms with E-state index in [-0.39, 0.29) is 6.10 Å². The predicted octanol–water partition coefficient (Wildman–Crippen LogP) is 7.31. The summed E-state index contributed by atoms with van der Waals surface area (Å²) in [7, 11) is 0. The minimum absolute atomic E-state index is 0.0388. The first-order valence-electron chi connectivity index (χ1n) is 12.4. The summed E-state index contributed by atoms with van der Waals surface area (Å²) in [4.78, 5) is 0. The zero-order valence-electron chi connectivity index (χ0n) is 19.1. The largest absolute Gasteiger partial charge is 0.393 e. The van der Waals surface area contributed by atoms with E-state index in [1.165, 1.54) is 51.4 Å². The Bertz CT molecular complexity index is 645. The first-order valence-corrected chi connectivity index (χ1v) is 12.4. The van der Waals surface area contributed by atoms with Crippen LogP contribution in [-0.2, 0) is 0 Å². The number of hydrogen-bond donors (Lipinski definition) is 1. The quantitative estimate of drug-likeness (QED) is 0.504. The van der Waals surface area contributed by atoms with Crippen LogP contribution < -0.4 is 0 Å². The van der Waals surface area contributed by atoms with Gasteiger partial charge >= 0.3 is 0 Å². The first kappa shape index (κ1) is 20.7. The van der Waals surface area contributed by atoms with Gasteiger partial charge in [0.05, 0.1) is 6.10 Å². The third-order valence-electron chi connectivity index (χ3n) is 10.1. The Hall–Kier alpha value is -0.560. The van der Waals surface area contributed by atoms with Gasteiger partial charge in [-0.25, -0.2) is 0 Å². The van der Waals surface area contributed by atoms with Crippen LogP contribution in [0.4, 0.5) is 0 Å². The Labute approximate surface area is 174 Å². The van der Waals surface area contributed by atoms with Gasteiger partial charge in [-0.05, 0) is 98.2 Å². The van der Waals surface area contributed by atoms with Crippen molar-refractivity contribution in [1.82, 2.24) is 0 Å². The second kappa shape index (κ2) is 7.60. The lowest BCUT2D eigenvalue weighted by atomic mass is 9.50. The molecule has 0 radical (unpaired) electrons. The standard InChI is InChI=1S/C27H44O/c1-6-18(2)7-8-19(3)23-11-12-24-22-10-9-20-17-21(28)13-15-26(20,4)25(22)14-16-27(23,24)5/h7-8,18-21,23-24,28H,6,9-17H2,1-5H3/b8-7+/t18-,19+,20-,21-,23?,24?,26?,27?/m0/s1. The minimum atomic E-state index is -0.0388. The highest BCUT2D eigenvalue weighted by atomic mass is 16.3. The molecule has 2 fully saturated rings. The van der Waals surface area contributed by atoms with Gasteiger partial charge in [-0.3, -0.25) is 0 Å². The molecule has 1 nitrogen and oxygen atoms in total. The summed E-state index contributed by atoms with van der Waals surface area (Å²) >= 11 is 0. The van der Waals surface area contributed by atoms with Crippen molar-refractivity contribution in [2.75, 3.05) is 0 Å². The zero-order chi connectivity index (χ0) is 20.1. The van der Waals surface area contributed by atoms with Crippen molar-refractivity contribution >= 4 is 0 Å². The first-order chi connectivity index (χ1) is 13.3. The van der Waals surface area contributed by atoms with E-state index in [2.05, 4.69) is 46.8 Å². The molecule has 0 amide bonds. The summed E-state index contributed by atoms with van der Waals surface area (Å²) in [5.41, 5.74) is 4.66. The van der Waals surface area contributed by atoms with E-state index in [4.69, 9.17) is 0 Å². The van der Waals surface area contributed by atoms with Crippen LogP contribution in [-0.4, -0.2) is 11.2 Å². The summed E-state index contributed by atoms with van der Waals surface area (Å²) < 4.78 is 0. The highest BCUT2D eigenvalue weighted by Crippen LogP contribution is 2.65. The summed E-state index contributed by atoms with van der Waals surface area (Å²) in [6.07, 6.45) is 17.8. The van der Waals surface area contributed by atoms with Crippen molar-refractivity contribution < 1.29 is 5.11 Å². The Kier molecular flexibility index (Phi) is 5.62. The molecule has 1 N–H and O–H groups in total. The molecule has 4 aliphatic carbocycles. The molecule has 1 heteroatoms. The summed E-state index contributed by atoms with van der Waals surface area (Å²) in [5, 5.41) is 10.2. The van der Waals surface area contributed by atoms with E-state index in [0.29, 0.717) is 22.7 Å². The minimum Gasteiger partial charge on any atom is -0.393 e. The molecule has 0 heterocycles. The number of rotatable bonds is 4. The molecule has 158 valence electrons. The topological polar surface area (TPSA) is 20.2 Å². The molecule has 0 aromatic rings. The fourth-order valence-electron chi connectivity index (χ4n) is 7.98. The number of fused-ring (bicyclic) bond motifs is 4. The molecule has 4 unspecified atom stereocenters. The predicted molar refractivity (Wildman–Crippen MR) is 119 cm³/mol. The van der Waals surface area contributed by atoms with Crippen molar-refractivity contribution in [3.05, 3.63) is 23.3 Å².